The molecule has 0 saturated heterocycles. The van der Waals surface area contributed by atoms with Crippen molar-refractivity contribution in [3.8, 4) is 0 Å². The summed E-state index contributed by atoms with van der Waals surface area (Å²) in [7, 11) is 3.50. The van der Waals surface area contributed by atoms with Crippen molar-refractivity contribution in [1.29, 1.82) is 0 Å². The molecule has 0 spiro atoms. The molecule has 2 saturated carbocycles. The van der Waals surface area contributed by atoms with E-state index < -0.39 is 0 Å². The van der Waals surface area contributed by atoms with E-state index in [2.05, 4.69) is 27.9 Å². The van der Waals surface area contributed by atoms with Gasteiger partial charge in [-0.25, -0.2) is 0 Å². The Morgan fingerprint density at radius 1 is 0.848 bits per heavy atom. The number of nitrogens with two attached hydrogens (primary N) is 1. The molecule has 0 amide bonds. The van der Waals surface area contributed by atoms with Crippen molar-refractivity contribution in [2.75, 3.05) is 45.8 Å². The zero-order valence-electron chi connectivity index (χ0n) is 18.7. The van der Waals surface area contributed by atoms with E-state index in [9.17, 15) is 0 Å². The Labute approximate surface area is 229 Å². The molecule has 0 aliphatic heterocycles. The van der Waals surface area contributed by atoms with Crippen molar-refractivity contribution >= 4 is 63.9 Å². The lowest BCUT2D eigenvalue weighted by molar-refractivity contribution is 0.145. The van der Waals surface area contributed by atoms with Gasteiger partial charge in [0.1, 0.15) is 0 Å². The summed E-state index contributed by atoms with van der Waals surface area (Å²) in [6.07, 6.45) is 5.05. The van der Waals surface area contributed by atoms with Crippen molar-refractivity contribution < 1.29 is 9.47 Å². The Bertz CT molecular complexity index is 747. The van der Waals surface area contributed by atoms with Crippen LogP contribution in [0, 0.1) is 14.4 Å². The maximum absolute atomic E-state index is 5.82. The van der Waals surface area contributed by atoms with Crippen LogP contribution in [-0.2, 0) is 9.47 Å². The van der Waals surface area contributed by atoms with Gasteiger partial charge in [0, 0.05) is 57.4 Å². The van der Waals surface area contributed by atoms with Crippen molar-refractivity contribution in [3.63, 3.8) is 0 Å². The van der Waals surface area contributed by atoms with Crippen molar-refractivity contribution in [3.05, 3.63) is 62.1 Å². The first-order valence-corrected chi connectivity index (χ1v) is 12.3. The van der Waals surface area contributed by atoms with Crippen molar-refractivity contribution in [2.45, 2.75) is 33.1 Å². The number of rotatable bonds is 8. The molecule has 188 valence electrons. The standard InChI is InChI=1S/C12H16ClNO.C6H4ClI.C6H13NO.CH4.ClH/c1-15-9-12(6-7-12)8-14-11-4-2-10(13)3-5-11;7-5-1-3-6(8)4-2-5;1-8-5-6(4-7)2-3-6;;/h2-5,14H,6-9H2,1H3;1-4H;2-5,7H2,1H3;1H4;1H. The Hall–Kier alpha value is -0.280. The molecule has 4 nitrogen and oxygen atoms in total. The fourth-order valence-electron chi connectivity index (χ4n) is 3.03. The maximum atomic E-state index is 5.82. The second-order valence-electron chi connectivity index (χ2n) is 8.37. The second kappa shape index (κ2) is 16.4. The molecule has 2 aliphatic rings. The zero-order valence-corrected chi connectivity index (χ0v) is 23.2. The molecule has 0 radical (unpaired) electrons. The topological polar surface area (TPSA) is 56.5 Å². The van der Waals surface area contributed by atoms with Gasteiger partial charge in [0.05, 0.1) is 13.2 Å². The van der Waals surface area contributed by atoms with E-state index >= 15 is 0 Å². The quantitative estimate of drug-likeness (QED) is 0.296. The van der Waals surface area contributed by atoms with Crippen LogP contribution < -0.4 is 11.1 Å². The molecule has 3 N–H and O–H groups in total. The molecule has 0 unspecified atom stereocenters. The smallest absolute Gasteiger partial charge is 0.0535 e. The van der Waals surface area contributed by atoms with Crippen LogP contribution in [-0.4, -0.2) is 40.5 Å². The minimum Gasteiger partial charge on any atom is -0.384 e. The Balaban J connectivity index is 0.000000489. The molecule has 4 rings (SSSR count). The van der Waals surface area contributed by atoms with Gasteiger partial charge < -0.3 is 20.5 Å². The lowest BCUT2D eigenvalue weighted by Crippen LogP contribution is -2.20. The van der Waals surface area contributed by atoms with Gasteiger partial charge in [-0.3, -0.25) is 0 Å². The predicted molar refractivity (Wildman–Crippen MR) is 154 cm³/mol. The van der Waals surface area contributed by atoms with Crippen LogP contribution in [0.25, 0.3) is 0 Å². The van der Waals surface area contributed by atoms with Crippen LogP contribution in [0.3, 0.4) is 0 Å². The van der Waals surface area contributed by atoms with E-state index in [-0.39, 0.29) is 19.8 Å². The Morgan fingerprint density at radius 3 is 1.61 bits per heavy atom. The number of nitrogens with one attached hydrogen (secondary N) is 1. The first-order chi connectivity index (χ1) is 14.9. The highest BCUT2D eigenvalue weighted by Gasteiger charge is 2.42. The summed E-state index contributed by atoms with van der Waals surface area (Å²) in [6, 6.07) is 15.5. The Morgan fingerprint density at radius 2 is 1.27 bits per heavy atom. The average molecular weight is 632 g/mol. The van der Waals surface area contributed by atoms with Crippen molar-refractivity contribution in [2.24, 2.45) is 16.6 Å². The largest absolute Gasteiger partial charge is 0.384 e. The number of anilines is 1. The third kappa shape index (κ3) is 12.8. The van der Waals surface area contributed by atoms with Crippen molar-refractivity contribution in [1.82, 2.24) is 0 Å². The number of hydrogen-bond acceptors (Lipinski definition) is 4. The number of benzene rings is 2. The van der Waals surface area contributed by atoms with Gasteiger partial charge in [0.15, 0.2) is 0 Å². The van der Waals surface area contributed by atoms with Gasteiger partial charge >= 0.3 is 0 Å². The minimum absolute atomic E-state index is 0. The first kappa shape index (κ1) is 32.7. The number of hydrogen-bond donors (Lipinski definition) is 2. The Kier molecular flexibility index (Phi) is 16.3. The predicted octanol–water partition coefficient (Wildman–Crippen LogP) is 7.55. The molecule has 2 aromatic rings. The fourth-order valence-corrected chi connectivity index (χ4v) is 3.64. The normalized spacial score (nSPS) is 15.8. The summed E-state index contributed by atoms with van der Waals surface area (Å²) in [5.41, 5.74) is 7.38. The summed E-state index contributed by atoms with van der Waals surface area (Å²) in [5, 5.41) is 4.99. The summed E-state index contributed by atoms with van der Waals surface area (Å²) < 4.78 is 11.4. The van der Waals surface area contributed by atoms with Gasteiger partial charge in [0.25, 0.3) is 0 Å². The third-order valence-corrected chi connectivity index (χ3v) is 6.79. The lowest BCUT2D eigenvalue weighted by atomic mass is 10.1. The highest BCUT2D eigenvalue weighted by atomic mass is 127. The van der Waals surface area contributed by atoms with Gasteiger partial charge in [-0.05, 0) is 96.8 Å². The molecule has 0 heterocycles. The number of halogens is 4. The van der Waals surface area contributed by atoms with Crippen LogP contribution in [0.1, 0.15) is 33.1 Å². The summed E-state index contributed by atoms with van der Waals surface area (Å²) in [4.78, 5) is 0. The first-order valence-electron chi connectivity index (χ1n) is 10.4. The van der Waals surface area contributed by atoms with E-state index in [0.717, 1.165) is 42.0 Å². The molecule has 0 bridgehead atoms. The molecule has 33 heavy (non-hydrogen) atoms. The lowest BCUT2D eigenvalue weighted by Gasteiger charge is -2.15. The van der Waals surface area contributed by atoms with E-state index in [1.807, 2.05) is 48.5 Å². The molecule has 8 heteroatoms. The van der Waals surface area contributed by atoms with Crippen LogP contribution in [0.15, 0.2) is 48.5 Å². The van der Waals surface area contributed by atoms with Gasteiger partial charge in [-0.15, -0.1) is 12.4 Å². The number of ether oxygens (including phenoxy) is 2. The molecular formula is C25H38Cl3IN2O2. The van der Waals surface area contributed by atoms with E-state index in [1.165, 1.54) is 29.3 Å². The molecule has 0 aromatic heterocycles. The maximum Gasteiger partial charge on any atom is 0.0535 e. The van der Waals surface area contributed by atoms with E-state index in [0.29, 0.717) is 10.8 Å². The number of methoxy groups -OCH3 is 2. The average Bonchev–Trinajstić information content (AvgIpc) is 3.69. The minimum atomic E-state index is 0. The van der Waals surface area contributed by atoms with Crippen LogP contribution in [0.5, 0.6) is 0 Å². The summed E-state index contributed by atoms with van der Waals surface area (Å²) >= 11 is 13.7. The molecule has 2 fully saturated rings. The van der Waals surface area contributed by atoms with Gasteiger partial charge in [-0.1, -0.05) is 30.6 Å². The molecule has 2 aromatic carbocycles. The molecule has 0 atom stereocenters. The van der Waals surface area contributed by atoms with E-state index in [1.54, 1.807) is 14.2 Å². The van der Waals surface area contributed by atoms with Crippen LogP contribution >= 0.6 is 58.2 Å². The fraction of sp³-hybridized carbons (Fsp3) is 0.520. The van der Waals surface area contributed by atoms with Crippen LogP contribution in [0.4, 0.5) is 5.69 Å². The monoisotopic (exact) mass is 630 g/mol. The van der Waals surface area contributed by atoms with Gasteiger partial charge in [0.2, 0.25) is 0 Å². The summed E-state index contributed by atoms with van der Waals surface area (Å²) in [6.45, 7) is 3.49. The van der Waals surface area contributed by atoms with Gasteiger partial charge in [-0.2, -0.15) is 0 Å². The molecular weight excluding hydrogens is 594 g/mol. The second-order valence-corrected chi connectivity index (χ2v) is 10.5. The zero-order chi connectivity index (χ0) is 22.7. The van der Waals surface area contributed by atoms with E-state index in [4.69, 9.17) is 38.4 Å². The van der Waals surface area contributed by atoms with Crippen LogP contribution in [0.2, 0.25) is 10.0 Å². The highest BCUT2D eigenvalue weighted by Crippen LogP contribution is 2.45. The molecule has 2 aliphatic carbocycles. The summed E-state index contributed by atoms with van der Waals surface area (Å²) in [5.74, 6) is 0. The SMILES string of the molecule is C.COCC1(CN)CC1.COCC1(CNc2ccc(Cl)cc2)CC1.Cl.Clc1ccc(I)cc1. The third-order valence-electron chi connectivity index (χ3n) is 5.56. The highest BCUT2D eigenvalue weighted by molar-refractivity contribution is 14.1.